The lowest BCUT2D eigenvalue weighted by atomic mass is 10.5. The van der Waals surface area contributed by atoms with Crippen molar-refractivity contribution < 1.29 is 9.59 Å². The zero-order valence-electron chi connectivity index (χ0n) is 6.02. The van der Waals surface area contributed by atoms with E-state index in [0.29, 0.717) is 0 Å². The van der Waals surface area contributed by atoms with E-state index in [1.165, 1.54) is 0 Å². The number of hydrogen-bond donors (Lipinski definition) is 2. The van der Waals surface area contributed by atoms with Crippen LogP contribution in [0.15, 0.2) is 0 Å². The SMILES string of the molecule is C[N+](C)(C)CCO.N. The van der Waals surface area contributed by atoms with Crippen LogP contribution in [0.25, 0.3) is 0 Å². The molecule has 0 aliphatic heterocycles. The number of likely N-dealkylation sites (N-methyl/N-ethyl adjacent to an activating group) is 1. The molecule has 0 heterocycles. The highest BCUT2D eigenvalue weighted by Crippen LogP contribution is 1.84. The van der Waals surface area contributed by atoms with Gasteiger partial charge in [0.1, 0.15) is 6.54 Å². The Morgan fingerprint density at radius 2 is 1.62 bits per heavy atom. The van der Waals surface area contributed by atoms with E-state index in [9.17, 15) is 0 Å². The fourth-order valence-corrected chi connectivity index (χ4v) is 0.300. The van der Waals surface area contributed by atoms with E-state index in [1.54, 1.807) is 0 Å². The van der Waals surface area contributed by atoms with Crippen LogP contribution in [0.5, 0.6) is 0 Å². The molecule has 0 aliphatic carbocycles. The predicted octanol–water partition coefficient (Wildman–Crippen LogP) is -0.153. The number of aliphatic hydroxyl groups is 1. The second-order valence-corrected chi connectivity index (χ2v) is 2.74. The topological polar surface area (TPSA) is 55.2 Å². The van der Waals surface area contributed by atoms with Crippen LogP contribution in [0, 0.1) is 0 Å². The second-order valence-electron chi connectivity index (χ2n) is 2.74. The van der Waals surface area contributed by atoms with Gasteiger partial charge in [0.2, 0.25) is 0 Å². The molecule has 0 saturated heterocycles. The molecule has 0 atom stereocenters. The zero-order chi connectivity index (χ0) is 5.91. The van der Waals surface area contributed by atoms with E-state index in [0.717, 1.165) is 11.0 Å². The Morgan fingerprint density at radius 3 is 1.62 bits per heavy atom. The Hall–Kier alpha value is -0.120. The van der Waals surface area contributed by atoms with Crippen molar-refractivity contribution >= 4 is 0 Å². The summed E-state index contributed by atoms with van der Waals surface area (Å²) in [5.41, 5.74) is 0. The summed E-state index contributed by atoms with van der Waals surface area (Å²) in [6.07, 6.45) is 0. The maximum absolute atomic E-state index is 8.39. The van der Waals surface area contributed by atoms with Crippen LogP contribution >= 0.6 is 0 Å². The van der Waals surface area contributed by atoms with Gasteiger partial charge in [-0.25, -0.2) is 0 Å². The lowest BCUT2D eigenvalue weighted by Gasteiger charge is -2.21. The molecule has 0 aromatic heterocycles. The quantitative estimate of drug-likeness (QED) is 0.499. The van der Waals surface area contributed by atoms with Gasteiger partial charge >= 0.3 is 0 Å². The highest BCUT2D eigenvalue weighted by Gasteiger charge is 2.02. The van der Waals surface area contributed by atoms with Crippen molar-refractivity contribution in [3.05, 3.63) is 0 Å². The van der Waals surface area contributed by atoms with Gasteiger partial charge in [-0.15, -0.1) is 0 Å². The minimum Gasteiger partial charge on any atom is -0.391 e. The molecule has 52 valence electrons. The van der Waals surface area contributed by atoms with Crippen LogP contribution in [-0.2, 0) is 0 Å². The van der Waals surface area contributed by atoms with Crippen LogP contribution in [0.3, 0.4) is 0 Å². The van der Waals surface area contributed by atoms with Crippen LogP contribution < -0.4 is 6.15 Å². The van der Waals surface area contributed by atoms with Gasteiger partial charge in [-0.3, -0.25) is 0 Å². The molecule has 3 nitrogen and oxygen atoms in total. The largest absolute Gasteiger partial charge is 0.391 e. The van der Waals surface area contributed by atoms with Gasteiger partial charge in [-0.05, 0) is 0 Å². The Morgan fingerprint density at radius 1 is 1.25 bits per heavy atom. The summed E-state index contributed by atoms with van der Waals surface area (Å²) < 4.78 is 0.844. The number of nitrogens with zero attached hydrogens (tertiary/aromatic N) is 1. The van der Waals surface area contributed by atoms with Gasteiger partial charge < -0.3 is 15.7 Å². The van der Waals surface area contributed by atoms with Crippen molar-refractivity contribution in [2.45, 2.75) is 0 Å². The summed E-state index contributed by atoms with van der Waals surface area (Å²) in [5.74, 6) is 0. The third-order valence-corrected chi connectivity index (χ3v) is 0.771. The molecule has 0 saturated carbocycles. The number of quaternary nitrogens is 1. The summed E-state index contributed by atoms with van der Waals surface area (Å²) >= 11 is 0. The molecule has 0 aliphatic rings. The minimum atomic E-state index is 0. The Labute approximate surface area is 51.1 Å². The highest BCUT2D eigenvalue weighted by atomic mass is 16.3. The van der Waals surface area contributed by atoms with Crippen LogP contribution in [0.2, 0.25) is 0 Å². The van der Waals surface area contributed by atoms with Crippen molar-refractivity contribution in [3.8, 4) is 0 Å². The van der Waals surface area contributed by atoms with E-state index in [-0.39, 0.29) is 12.8 Å². The van der Waals surface area contributed by atoms with Crippen molar-refractivity contribution in [1.82, 2.24) is 6.15 Å². The molecule has 0 spiro atoms. The molecular weight excluding hydrogens is 104 g/mol. The zero-order valence-corrected chi connectivity index (χ0v) is 6.02. The third kappa shape index (κ3) is 9.30. The average molecular weight is 121 g/mol. The van der Waals surface area contributed by atoms with Gasteiger partial charge in [-0.1, -0.05) is 0 Å². The molecule has 0 radical (unpaired) electrons. The van der Waals surface area contributed by atoms with Crippen molar-refractivity contribution in [2.24, 2.45) is 0 Å². The molecule has 0 amide bonds. The smallest absolute Gasteiger partial charge is 0.101 e. The third-order valence-electron chi connectivity index (χ3n) is 0.771. The van der Waals surface area contributed by atoms with Gasteiger partial charge in [0, 0.05) is 0 Å². The Kier molecular flexibility index (Phi) is 5.17. The van der Waals surface area contributed by atoms with Crippen molar-refractivity contribution in [2.75, 3.05) is 34.3 Å². The highest BCUT2D eigenvalue weighted by molar-refractivity contribution is 4.19. The molecule has 0 unspecified atom stereocenters. The van der Waals surface area contributed by atoms with Crippen molar-refractivity contribution in [1.29, 1.82) is 0 Å². The van der Waals surface area contributed by atoms with E-state index < -0.39 is 0 Å². The molecule has 0 aromatic rings. The van der Waals surface area contributed by atoms with Gasteiger partial charge in [0.05, 0.1) is 27.7 Å². The van der Waals surface area contributed by atoms with Gasteiger partial charge in [-0.2, -0.15) is 0 Å². The van der Waals surface area contributed by atoms with Gasteiger partial charge in [0.15, 0.2) is 0 Å². The summed E-state index contributed by atoms with van der Waals surface area (Å²) in [7, 11) is 6.16. The van der Waals surface area contributed by atoms with Crippen LogP contribution in [0.1, 0.15) is 0 Å². The fourth-order valence-electron chi connectivity index (χ4n) is 0.300. The number of hydrogen-bond acceptors (Lipinski definition) is 2. The molecule has 0 fully saturated rings. The Bertz CT molecular complexity index is 48.9. The second kappa shape index (κ2) is 3.83. The summed E-state index contributed by atoms with van der Waals surface area (Å²) in [6.45, 7) is 1.11. The molecule has 8 heavy (non-hydrogen) atoms. The van der Waals surface area contributed by atoms with Crippen LogP contribution in [0.4, 0.5) is 0 Å². The van der Waals surface area contributed by atoms with Crippen LogP contribution in [-0.4, -0.2) is 43.9 Å². The first-order valence-corrected chi connectivity index (χ1v) is 2.47. The van der Waals surface area contributed by atoms with Crippen molar-refractivity contribution in [3.63, 3.8) is 0 Å². The van der Waals surface area contributed by atoms with E-state index in [4.69, 9.17) is 5.11 Å². The number of aliphatic hydroxyl groups excluding tert-OH is 1. The molecular formula is C5H17N2O+. The first-order chi connectivity index (χ1) is 3.06. The predicted molar refractivity (Wildman–Crippen MR) is 35.0 cm³/mol. The first-order valence-electron chi connectivity index (χ1n) is 2.47. The minimum absolute atomic E-state index is 0. The summed E-state index contributed by atoms with van der Waals surface area (Å²) in [5, 5.41) is 8.39. The average Bonchev–Trinajstić information content (AvgIpc) is 1.30. The van der Waals surface area contributed by atoms with E-state index in [2.05, 4.69) is 21.1 Å². The van der Waals surface area contributed by atoms with Gasteiger partial charge in [0.25, 0.3) is 0 Å². The number of rotatable bonds is 2. The van der Waals surface area contributed by atoms with E-state index >= 15 is 0 Å². The maximum Gasteiger partial charge on any atom is 0.101 e. The summed E-state index contributed by atoms with van der Waals surface area (Å²) in [6, 6.07) is 0. The van der Waals surface area contributed by atoms with E-state index in [1.807, 2.05) is 0 Å². The molecule has 4 N–H and O–H groups in total. The molecule has 3 heteroatoms. The molecule has 0 aromatic carbocycles. The normalized spacial score (nSPS) is 10.5. The lowest BCUT2D eigenvalue weighted by molar-refractivity contribution is -0.870. The fraction of sp³-hybridized carbons (Fsp3) is 1.00. The standard InChI is InChI=1S/C5H14NO.H3N/c1-6(2,3)4-5-7;/h7H,4-5H2,1-3H3;1H3/q+1;. The lowest BCUT2D eigenvalue weighted by Crippen LogP contribution is -2.36. The summed E-state index contributed by atoms with van der Waals surface area (Å²) in [4.78, 5) is 0. The monoisotopic (exact) mass is 121 g/mol. The Balaban J connectivity index is 0. The maximum atomic E-state index is 8.39. The first kappa shape index (κ1) is 10.8. The molecule has 0 bridgehead atoms. The molecule has 0 rings (SSSR count).